The van der Waals surface area contributed by atoms with Crippen LogP contribution in [0.25, 0.3) is 0 Å². The third-order valence-corrected chi connectivity index (χ3v) is 5.83. The van der Waals surface area contributed by atoms with Gasteiger partial charge in [-0.05, 0) is 49.2 Å². The Morgan fingerprint density at radius 3 is 2.44 bits per heavy atom. The van der Waals surface area contributed by atoms with Crippen LogP contribution < -0.4 is 10.6 Å². The molecule has 2 aromatic carbocycles. The average molecular weight is 403 g/mol. The Hall–Kier alpha value is -1.98. The summed E-state index contributed by atoms with van der Waals surface area (Å²) in [6.07, 6.45) is 5.61. The number of benzene rings is 2. The highest BCUT2D eigenvalue weighted by Crippen LogP contribution is 2.22. The van der Waals surface area contributed by atoms with Gasteiger partial charge < -0.3 is 10.6 Å². The molecule has 0 bridgehead atoms. The minimum atomic E-state index is -0.145. The molecular formula is C21H23ClN2O2S. The number of halogens is 1. The molecular weight excluding hydrogens is 380 g/mol. The summed E-state index contributed by atoms with van der Waals surface area (Å²) in [6, 6.07) is 14.7. The molecule has 2 aromatic rings. The molecule has 142 valence electrons. The molecule has 0 radical (unpaired) electrons. The highest BCUT2D eigenvalue weighted by molar-refractivity contribution is 8.00. The lowest BCUT2D eigenvalue weighted by Crippen LogP contribution is -2.36. The van der Waals surface area contributed by atoms with Crippen molar-refractivity contribution in [3.8, 4) is 0 Å². The van der Waals surface area contributed by atoms with Crippen LogP contribution in [0.5, 0.6) is 0 Å². The number of nitrogens with one attached hydrogen (secondary N) is 2. The summed E-state index contributed by atoms with van der Waals surface area (Å²) in [4.78, 5) is 25.9. The molecule has 0 saturated heterocycles. The van der Waals surface area contributed by atoms with Crippen LogP contribution in [0.1, 0.15) is 42.5 Å². The highest BCUT2D eigenvalue weighted by atomic mass is 35.5. The summed E-state index contributed by atoms with van der Waals surface area (Å²) >= 11 is 7.30. The number of para-hydroxylation sites is 1. The summed E-state index contributed by atoms with van der Waals surface area (Å²) in [7, 11) is 0. The molecule has 3 rings (SSSR count). The van der Waals surface area contributed by atoms with E-state index in [0.29, 0.717) is 16.3 Å². The molecule has 1 fully saturated rings. The number of hydrogen-bond donors (Lipinski definition) is 2. The van der Waals surface area contributed by atoms with E-state index in [1.165, 1.54) is 18.2 Å². The van der Waals surface area contributed by atoms with E-state index in [4.69, 9.17) is 11.6 Å². The van der Waals surface area contributed by atoms with Crippen LogP contribution in [-0.2, 0) is 4.79 Å². The Balaban J connectivity index is 1.58. The topological polar surface area (TPSA) is 58.2 Å². The zero-order valence-electron chi connectivity index (χ0n) is 15.0. The van der Waals surface area contributed by atoms with E-state index in [0.717, 1.165) is 30.6 Å². The van der Waals surface area contributed by atoms with Crippen molar-refractivity contribution >= 4 is 40.9 Å². The van der Waals surface area contributed by atoms with Crippen LogP contribution >= 0.6 is 23.4 Å². The lowest BCUT2D eigenvalue weighted by molar-refractivity contribution is -0.113. The van der Waals surface area contributed by atoms with E-state index in [-0.39, 0.29) is 23.6 Å². The monoisotopic (exact) mass is 402 g/mol. The van der Waals surface area contributed by atoms with Gasteiger partial charge >= 0.3 is 0 Å². The molecule has 2 N–H and O–H groups in total. The van der Waals surface area contributed by atoms with Crippen molar-refractivity contribution in [3.63, 3.8) is 0 Å². The number of hydrogen-bond acceptors (Lipinski definition) is 3. The fourth-order valence-electron chi connectivity index (χ4n) is 3.17. The predicted octanol–water partition coefficient (Wildman–Crippen LogP) is 5.13. The molecule has 4 nitrogen and oxygen atoms in total. The first-order valence-electron chi connectivity index (χ1n) is 9.20. The van der Waals surface area contributed by atoms with Gasteiger partial charge in [-0.3, -0.25) is 9.59 Å². The fourth-order valence-corrected chi connectivity index (χ4v) is 3.99. The number of amides is 2. The molecule has 1 aliphatic rings. The van der Waals surface area contributed by atoms with Crippen molar-refractivity contribution in [2.75, 3.05) is 11.1 Å². The molecule has 0 aliphatic heterocycles. The summed E-state index contributed by atoms with van der Waals surface area (Å²) < 4.78 is 0. The van der Waals surface area contributed by atoms with E-state index in [2.05, 4.69) is 10.6 Å². The third-order valence-electron chi connectivity index (χ3n) is 4.57. The van der Waals surface area contributed by atoms with Crippen LogP contribution in [0.2, 0.25) is 5.02 Å². The van der Waals surface area contributed by atoms with Gasteiger partial charge in [-0.25, -0.2) is 0 Å². The van der Waals surface area contributed by atoms with Gasteiger partial charge in [0.15, 0.2) is 0 Å². The second-order valence-electron chi connectivity index (χ2n) is 6.64. The number of carbonyl (C=O) groups is 2. The Morgan fingerprint density at radius 1 is 1.00 bits per heavy atom. The van der Waals surface area contributed by atoms with Crippen molar-refractivity contribution in [1.29, 1.82) is 0 Å². The van der Waals surface area contributed by atoms with Gasteiger partial charge in [-0.2, -0.15) is 0 Å². The molecule has 0 spiro atoms. The van der Waals surface area contributed by atoms with Gasteiger partial charge in [0, 0.05) is 16.0 Å². The van der Waals surface area contributed by atoms with Crippen molar-refractivity contribution in [2.24, 2.45) is 0 Å². The largest absolute Gasteiger partial charge is 0.349 e. The zero-order valence-corrected chi connectivity index (χ0v) is 16.6. The molecule has 6 heteroatoms. The van der Waals surface area contributed by atoms with Gasteiger partial charge in [-0.15, -0.1) is 11.8 Å². The van der Waals surface area contributed by atoms with E-state index in [1.807, 2.05) is 24.3 Å². The molecule has 0 heterocycles. The van der Waals surface area contributed by atoms with Gasteiger partial charge in [0.1, 0.15) is 0 Å². The zero-order chi connectivity index (χ0) is 19.1. The lowest BCUT2D eigenvalue weighted by Gasteiger charge is -2.23. The second kappa shape index (κ2) is 9.81. The summed E-state index contributed by atoms with van der Waals surface area (Å²) in [6.45, 7) is 0. The van der Waals surface area contributed by atoms with Crippen LogP contribution in [0.15, 0.2) is 53.4 Å². The van der Waals surface area contributed by atoms with Crippen molar-refractivity contribution in [1.82, 2.24) is 5.32 Å². The SMILES string of the molecule is O=C(CSc1ccc(Cl)cc1)Nc1ccccc1C(=O)NC1CCCCC1. The Morgan fingerprint density at radius 2 is 1.70 bits per heavy atom. The number of anilines is 1. The van der Waals surface area contributed by atoms with Crippen LogP contribution in [-0.4, -0.2) is 23.6 Å². The third kappa shape index (κ3) is 6.01. The maximum atomic E-state index is 12.6. The van der Waals surface area contributed by atoms with Gasteiger partial charge in [0.25, 0.3) is 5.91 Å². The minimum absolute atomic E-state index is 0.122. The molecule has 0 atom stereocenters. The summed E-state index contributed by atoms with van der Waals surface area (Å²) in [5.74, 6) is -0.00348. The molecule has 1 aliphatic carbocycles. The number of thioether (sulfide) groups is 1. The second-order valence-corrected chi connectivity index (χ2v) is 8.13. The van der Waals surface area contributed by atoms with E-state index in [1.54, 1.807) is 24.3 Å². The number of rotatable bonds is 6. The van der Waals surface area contributed by atoms with Gasteiger partial charge in [0.05, 0.1) is 17.0 Å². The van der Waals surface area contributed by atoms with Crippen molar-refractivity contribution in [3.05, 3.63) is 59.1 Å². The van der Waals surface area contributed by atoms with E-state index >= 15 is 0 Å². The quantitative estimate of drug-likeness (QED) is 0.658. The van der Waals surface area contributed by atoms with Crippen molar-refractivity contribution < 1.29 is 9.59 Å². The van der Waals surface area contributed by atoms with Gasteiger partial charge in [0.2, 0.25) is 5.91 Å². The Kier molecular flexibility index (Phi) is 7.18. The number of carbonyl (C=O) groups excluding carboxylic acids is 2. The minimum Gasteiger partial charge on any atom is -0.349 e. The molecule has 0 unspecified atom stereocenters. The predicted molar refractivity (Wildman–Crippen MR) is 112 cm³/mol. The highest BCUT2D eigenvalue weighted by Gasteiger charge is 2.19. The first-order chi connectivity index (χ1) is 13.1. The normalized spacial score (nSPS) is 14.6. The summed E-state index contributed by atoms with van der Waals surface area (Å²) in [5.41, 5.74) is 1.06. The van der Waals surface area contributed by atoms with E-state index in [9.17, 15) is 9.59 Å². The van der Waals surface area contributed by atoms with Crippen LogP contribution in [0, 0.1) is 0 Å². The Bertz CT molecular complexity index is 789. The van der Waals surface area contributed by atoms with Crippen LogP contribution in [0.3, 0.4) is 0 Å². The maximum Gasteiger partial charge on any atom is 0.253 e. The maximum absolute atomic E-state index is 12.6. The average Bonchev–Trinajstić information content (AvgIpc) is 2.69. The molecule has 27 heavy (non-hydrogen) atoms. The smallest absolute Gasteiger partial charge is 0.253 e. The Labute approximate surface area is 169 Å². The fraction of sp³-hybridized carbons (Fsp3) is 0.333. The molecule has 0 aromatic heterocycles. The first-order valence-corrected chi connectivity index (χ1v) is 10.6. The summed E-state index contributed by atoms with van der Waals surface area (Å²) in [5, 5.41) is 6.64. The van der Waals surface area contributed by atoms with Gasteiger partial charge in [-0.1, -0.05) is 43.0 Å². The van der Waals surface area contributed by atoms with E-state index < -0.39 is 0 Å². The molecule has 1 saturated carbocycles. The molecule has 2 amide bonds. The van der Waals surface area contributed by atoms with Crippen LogP contribution in [0.4, 0.5) is 5.69 Å². The van der Waals surface area contributed by atoms with Crippen molar-refractivity contribution in [2.45, 2.75) is 43.0 Å². The standard InChI is InChI=1S/C21H23ClN2O2S/c22-15-10-12-17(13-11-15)27-14-20(25)24-19-9-5-4-8-18(19)21(26)23-16-6-2-1-3-7-16/h4-5,8-13,16H,1-3,6-7,14H2,(H,23,26)(H,24,25). The first kappa shape index (κ1) is 19.8. The lowest BCUT2D eigenvalue weighted by atomic mass is 9.95.